The largest absolute Gasteiger partial charge is 0.494 e. The first-order chi connectivity index (χ1) is 13.9. The zero-order valence-electron chi connectivity index (χ0n) is 17.6. The summed E-state index contributed by atoms with van der Waals surface area (Å²) in [5.74, 6) is 2.26. The monoisotopic (exact) mass is 397 g/mol. The van der Waals surface area contributed by atoms with Crippen molar-refractivity contribution in [2.75, 3.05) is 32.5 Å². The molecule has 0 aliphatic carbocycles. The number of anilines is 1. The number of carbonyl (C=O) groups is 1. The molecule has 156 valence electrons. The van der Waals surface area contributed by atoms with E-state index in [1.165, 1.54) is 11.1 Å². The van der Waals surface area contributed by atoms with E-state index in [4.69, 9.17) is 10.5 Å². The molecule has 1 aromatic carbocycles. The molecular weight excluding hydrogens is 366 g/mol. The first kappa shape index (κ1) is 21.0. The molecule has 2 heterocycles. The maximum absolute atomic E-state index is 12.5. The second-order valence-electron chi connectivity index (χ2n) is 7.79. The van der Waals surface area contributed by atoms with Gasteiger partial charge in [0.2, 0.25) is 5.91 Å². The fourth-order valence-corrected chi connectivity index (χ4v) is 3.55. The number of nitrogen functional groups attached to an aromatic ring is 1. The molecule has 7 heteroatoms. The van der Waals surface area contributed by atoms with Crippen LogP contribution in [0.3, 0.4) is 0 Å². The Morgan fingerprint density at radius 3 is 2.90 bits per heavy atom. The SMILES string of the molecule is Cc1ccc(OCCCC(=O)N2CCC(N(C)Cc3nccc(N)n3)C2)cc1C. The maximum Gasteiger partial charge on any atom is 0.222 e. The summed E-state index contributed by atoms with van der Waals surface area (Å²) in [5.41, 5.74) is 8.20. The number of aryl methyl sites for hydroxylation is 2. The normalized spacial score (nSPS) is 16.4. The average Bonchev–Trinajstić information content (AvgIpc) is 3.18. The molecule has 2 N–H and O–H groups in total. The first-order valence-corrected chi connectivity index (χ1v) is 10.2. The Balaban J connectivity index is 1.39. The number of ether oxygens (including phenoxy) is 1. The van der Waals surface area contributed by atoms with Crippen LogP contribution in [0.4, 0.5) is 5.82 Å². The molecule has 1 aromatic heterocycles. The lowest BCUT2D eigenvalue weighted by Crippen LogP contribution is -2.36. The predicted molar refractivity (Wildman–Crippen MR) is 114 cm³/mol. The smallest absolute Gasteiger partial charge is 0.222 e. The van der Waals surface area contributed by atoms with Crippen molar-refractivity contribution in [1.82, 2.24) is 19.8 Å². The summed E-state index contributed by atoms with van der Waals surface area (Å²) >= 11 is 0. The highest BCUT2D eigenvalue weighted by Gasteiger charge is 2.28. The van der Waals surface area contributed by atoms with E-state index in [9.17, 15) is 4.79 Å². The Morgan fingerprint density at radius 2 is 2.14 bits per heavy atom. The lowest BCUT2D eigenvalue weighted by atomic mass is 10.1. The van der Waals surface area contributed by atoms with Crippen molar-refractivity contribution in [3.8, 4) is 5.75 Å². The second-order valence-corrected chi connectivity index (χ2v) is 7.79. The van der Waals surface area contributed by atoms with E-state index in [1.807, 2.05) is 24.1 Å². The number of likely N-dealkylation sites (tertiary alicyclic amines) is 1. The van der Waals surface area contributed by atoms with Crippen LogP contribution in [-0.2, 0) is 11.3 Å². The molecule has 1 atom stereocenters. The zero-order valence-corrected chi connectivity index (χ0v) is 17.6. The van der Waals surface area contributed by atoms with Gasteiger partial charge >= 0.3 is 0 Å². The lowest BCUT2D eigenvalue weighted by Gasteiger charge is -2.24. The minimum absolute atomic E-state index is 0.199. The molecule has 0 saturated carbocycles. The van der Waals surface area contributed by atoms with Gasteiger partial charge in [0, 0.05) is 31.7 Å². The molecule has 1 fully saturated rings. The maximum atomic E-state index is 12.5. The number of likely N-dealkylation sites (N-methyl/N-ethyl adjacent to an activating group) is 1. The summed E-state index contributed by atoms with van der Waals surface area (Å²) in [6.07, 6.45) is 3.87. The number of carbonyl (C=O) groups excluding carboxylic acids is 1. The molecule has 1 aliphatic heterocycles. The third-order valence-corrected chi connectivity index (χ3v) is 5.54. The van der Waals surface area contributed by atoms with Gasteiger partial charge < -0.3 is 15.4 Å². The number of hydrogen-bond acceptors (Lipinski definition) is 6. The molecule has 2 aromatic rings. The second kappa shape index (κ2) is 9.69. The standard InChI is InChI=1S/C22H31N5O2/c1-16-6-7-19(13-17(16)2)29-12-4-5-22(28)27-11-9-18(14-27)26(3)15-21-24-10-8-20(23)25-21/h6-8,10,13,18H,4-5,9,11-12,14-15H2,1-3H3,(H2,23,24,25). The molecule has 3 rings (SSSR count). The van der Waals surface area contributed by atoms with Gasteiger partial charge in [0.05, 0.1) is 13.2 Å². The molecule has 0 bridgehead atoms. The van der Waals surface area contributed by atoms with Crippen molar-refractivity contribution in [2.45, 2.75) is 45.7 Å². The van der Waals surface area contributed by atoms with Crippen LogP contribution in [0.25, 0.3) is 0 Å². The van der Waals surface area contributed by atoms with E-state index in [2.05, 4.69) is 34.8 Å². The van der Waals surface area contributed by atoms with Gasteiger partial charge in [-0.25, -0.2) is 9.97 Å². The van der Waals surface area contributed by atoms with E-state index >= 15 is 0 Å². The van der Waals surface area contributed by atoms with Crippen LogP contribution >= 0.6 is 0 Å². The summed E-state index contributed by atoms with van der Waals surface area (Å²) in [6, 6.07) is 8.09. The Kier molecular flexibility index (Phi) is 7.04. The fourth-order valence-electron chi connectivity index (χ4n) is 3.55. The molecule has 0 spiro atoms. The Hall–Kier alpha value is -2.67. The minimum Gasteiger partial charge on any atom is -0.494 e. The van der Waals surface area contributed by atoms with Gasteiger partial charge in [0.25, 0.3) is 0 Å². The Morgan fingerprint density at radius 1 is 1.31 bits per heavy atom. The van der Waals surface area contributed by atoms with Gasteiger partial charge in [-0.1, -0.05) is 6.07 Å². The van der Waals surface area contributed by atoms with Crippen molar-refractivity contribution in [1.29, 1.82) is 0 Å². The number of aromatic nitrogens is 2. The number of nitrogens with zero attached hydrogens (tertiary/aromatic N) is 4. The zero-order chi connectivity index (χ0) is 20.8. The Labute approximate surface area is 172 Å². The average molecular weight is 398 g/mol. The predicted octanol–water partition coefficient (Wildman–Crippen LogP) is 2.57. The van der Waals surface area contributed by atoms with Gasteiger partial charge in [0.15, 0.2) is 0 Å². The van der Waals surface area contributed by atoms with Crippen LogP contribution in [0.2, 0.25) is 0 Å². The van der Waals surface area contributed by atoms with Crippen LogP contribution in [0.15, 0.2) is 30.5 Å². The first-order valence-electron chi connectivity index (χ1n) is 10.2. The number of rotatable bonds is 8. The van der Waals surface area contributed by atoms with E-state index in [-0.39, 0.29) is 5.91 Å². The molecule has 1 saturated heterocycles. The number of amides is 1. The molecule has 29 heavy (non-hydrogen) atoms. The highest BCUT2D eigenvalue weighted by Crippen LogP contribution is 2.19. The lowest BCUT2D eigenvalue weighted by molar-refractivity contribution is -0.130. The molecule has 1 amide bonds. The van der Waals surface area contributed by atoms with Crippen LogP contribution in [0, 0.1) is 13.8 Å². The number of benzene rings is 1. The number of hydrogen-bond donors (Lipinski definition) is 1. The van der Waals surface area contributed by atoms with Crippen molar-refractivity contribution in [3.05, 3.63) is 47.4 Å². The summed E-state index contributed by atoms with van der Waals surface area (Å²) in [5, 5.41) is 0. The van der Waals surface area contributed by atoms with Gasteiger partial charge in [-0.2, -0.15) is 0 Å². The van der Waals surface area contributed by atoms with Crippen LogP contribution in [0.1, 0.15) is 36.2 Å². The fraction of sp³-hybridized carbons (Fsp3) is 0.500. The summed E-state index contributed by atoms with van der Waals surface area (Å²) in [4.78, 5) is 25.2. The van der Waals surface area contributed by atoms with E-state index < -0.39 is 0 Å². The van der Waals surface area contributed by atoms with Crippen molar-refractivity contribution in [2.24, 2.45) is 0 Å². The van der Waals surface area contributed by atoms with Crippen molar-refractivity contribution in [3.63, 3.8) is 0 Å². The van der Waals surface area contributed by atoms with Gasteiger partial charge in [-0.05, 0) is 63.1 Å². The summed E-state index contributed by atoms with van der Waals surface area (Å²) < 4.78 is 5.79. The molecule has 1 aliphatic rings. The van der Waals surface area contributed by atoms with Crippen molar-refractivity contribution >= 4 is 11.7 Å². The summed E-state index contributed by atoms with van der Waals surface area (Å²) in [7, 11) is 2.04. The molecular formula is C22H31N5O2. The minimum atomic E-state index is 0.199. The Bertz CT molecular complexity index is 842. The molecule has 1 unspecified atom stereocenters. The van der Waals surface area contributed by atoms with E-state index in [1.54, 1.807) is 12.3 Å². The van der Waals surface area contributed by atoms with Gasteiger partial charge in [0.1, 0.15) is 17.4 Å². The highest BCUT2D eigenvalue weighted by molar-refractivity contribution is 5.76. The van der Waals surface area contributed by atoms with Crippen LogP contribution in [-0.4, -0.2) is 58.5 Å². The highest BCUT2D eigenvalue weighted by atomic mass is 16.5. The third-order valence-electron chi connectivity index (χ3n) is 5.54. The topological polar surface area (TPSA) is 84.6 Å². The molecule has 0 radical (unpaired) electrons. The van der Waals surface area contributed by atoms with Crippen LogP contribution < -0.4 is 10.5 Å². The number of nitrogens with two attached hydrogens (primary N) is 1. The van der Waals surface area contributed by atoms with Crippen LogP contribution in [0.5, 0.6) is 5.75 Å². The van der Waals surface area contributed by atoms with E-state index in [0.717, 1.165) is 31.7 Å². The quantitative estimate of drug-likeness (QED) is 0.689. The summed E-state index contributed by atoms with van der Waals surface area (Å²) in [6.45, 7) is 6.88. The van der Waals surface area contributed by atoms with Gasteiger partial charge in [-0.15, -0.1) is 0 Å². The van der Waals surface area contributed by atoms with Gasteiger partial charge in [-0.3, -0.25) is 9.69 Å². The third kappa shape index (κ3) is 5.90. The molecule has 7 nitrogen and oxygen atoms in total. The van der Waals surface area contributed by atoms with E-state index in [0.29, 0.717) is 37.3 Å². The van der Waals surface area contributed by atoms with Crippen molar-refractivity contribution < 1.29 is 9.53 Å².